The Balaban J connectivity index is 3.23. The van der Waals surface area contributed by atoms with Crippen LogP contribution in [0.2, 0.25) is 0 Å². The maximum atomic E-state index is 11.3. The molecule has 21 heavy (non-hydrogen) atoms. The zero-order valence-electron chi connectivity index (χ0n) is 13.4. The van der Waals surface area contributed by atoms with Crippen molar-refractivity contribution in [2.75, 3.05) is 23.3 Å². The molecule has 1 N–H and O–H groups in total. The third-order valence-electron chi connectivity index (χ3n) is 3.56. The fraction of sp³-hybridized carbons (Fsp3) is 0.667. The van der Waals surface area contributed by atoms with E-state index in [9.17, 15) is 10.1 Å². The van der Waals surface area contributed by atoms with Crippen LogP contribution in [0.15, 0.2) is 12.1 Å². The van der Waals surface area contributed by atoms with Crippen molar-refractivity contribution in [1.82, 2.24) is 4.98 Å². The van der Waals surface area contributed by atoms with Crippen LogP contribution in [-0.4, -0.2) is 29.0 Å². The van der Waals surface area contributed by atoms with Crippen molar-refractivity contribution in [1.29, 1.82) is 0 Å². The molecule has 6 heteroatoms. The zero-order chi connectivity index (χ0) is 15.8. The third-order valence-corrected chi connectivity index (χ3v) is 3.56. The number of rotatable bonds is 9. The van der Waals surface area contributed by atoms with Crippen molar-refractivity contribution >= 4 is 17.3 Å². The van der Waals surface area contributed by atoms with Gasteiger partial charge < -0.3 is 10.2 Å². The third kappa shape index (κ3) is 4.58. The van der Waals surface area contributed by atoms with Crippen molar-refractivity contribution < 1.29 is 4.92 Å². The van der Waals surface area contributed by atoms with E-state index in [1.165, 1.54) is 0 Å². The lowest BCUT2D eigenvalue weighted by molar-refractivity contribution is -0.384. The van der Waals surface area contributed by atoms with E-state index in [2.05, 4.69) is 36.0 Å². The topological polar surface area (TPSA) is 71.3 Å². The Bertz CT molecular complexity index is 465. The number of nitrogens with one attached hydrogen (secondary N) is 1. The van der Waals surface area contributed by atoms with Gasteiger partial charge in [-0.3, -0.25) is 10.1 Å². The lowest BCUT2D eigenvalue weighted by Crippen LogP contribution is -2.34. The maximum Gasteiger partial charge on any atom is 0.311 e. The van der Waals surface area contributed by atoms with Gasteiger partial charge in [-0.25, -0.2) is 4.98 Å². The smallest absolute Gasteiger partial charge is 0.311 e. The molecular formula is C15H26N4O2. The molecule has 0 aliphatic carbocycles. The van der Waals surface area contributed by atoms with Crippen molar-refractivity contribution in [3.05, 3.63) is 22.2 Å². The quantitative estimate of drug-likeness (QED) is 0.553. The number of nitrogens with zero attached hydrogens (tertiary/aromatic N) is 3. The van der Waals surface area contributed by atoms with Crippen LogP contribution in [0.4, 0.5) is 17.3 Å². The van der Waals surface area contributed by atoms with E-state index in [-0.39, 0.29) is 16.7 Å². The van der Waals surface area contributed by atoms with Gasteiger partial charge in [0, 0.05) is 25.2 Å². The summed E-state index contributed by atoms with van der Waals surface area (Å²) in [5, 5.41) is 14.4. The minimum Gasteiger partial charge on any atom is -0.370 e. The minimum absolute atomic E-state index is 0.0769. The molecule has 1 heterocycles. The van der Waals surface area contributed by atoms with E-state index in [0.717, 1.165) is 32.4 Å². The molecule has 1 aromatic rings. The molecule has 1 aromatic heterocycles. The van der Waals surface area contributed by atoms with Crippen LogP contribution in [0, 0.1) is 10.1 Å². The van der Waals surface area contributed by atoms with Crippen molar-refractivity contribution in [2.24, 2.45) is 0 Å². The summed E-state index contributed by atoms with van der Waals surface area (Å²) in [5.41, 5.74) is 0.0769. The lowest BCUT2D eigenvalue weighted by Gasteiger charge is -2.29. The highest BCUT2D eigenvalue weighted by molar-refractivity contribution is 5.62. The highest BCUT2D eigenvalue weighted by Crippen LogP contribution is 2.30. The highest BCUT2D eigenvalue weighted by atomic mass is 16.6. The first kappa shape index (κ1) is 17.2. The molecule has 0 bridgehead atoms. The SMILES string of the molecule is CCCCN(c1nc(NCC)ccc1[N+](=O)[O-])C(C)CC. The van der Waals surface area contributed by atoms with Gasteiger partial charge in [0.15, 0.2) is 0 Å². The van der Waals surface area contributed by atoms with Crippen molar-refractivity contribution in [3.8, 4) is 0 Å². The summed E-state index contributed by atoms with van der Waals surface area (Å²) >= 11 is 0. The van der Waals surface area contributed by atoms with E-state index in [1.807, 2.05) is 6.92 Å². The molecule has 0 aromatic carbocycles. The molecule has 0 saturated carbocycles. The van der Waals surface area contributed by atoms with Crippen LogP contribution in [0.25, 0.3) is 0 Å². The second-order valence-corrected chi connectivity index (χ2v) is 5.13. The zero-order valence-corrected chi connectivity index (χ0v) is 13.4. The Hall–Kier alpha value is -1.85. The molecular weight excluding hydrogens is 268 g/mol. The molecule has 6 nitrogen and oxygen atoms in total. The summed E-state index contributed by atoms with van der Waals surface area (Å²) in [6, 6.07) is 3.43. The van der Waals surface area contributed by atoms with Crippen molar-refractivity contribution in [2.45, 2.75) is 53.0 Å². The number of pyridine rings is 1. The van der Waals surface area contributed by atoms with E-state index in [4.69, 9.17) is 0 Å². The number of nitro groups is 1. The maximum absolute atomic E-state index is 11.3. The number of anilines is 2. The summed E-state index contributed by atoms with van der Waals surface area (Å²) in [5.74, 6) is 1.16. The van der Waals surface area contributed by atoms with Gasteiger partial charge in [0.1, 0.15) is 5.82 Å². The average molecular weight is 294 g/mol. The lowest BCUT2D eigenvalue weighted by atomic mass is 10.2. The fourth-order valence-electron chi connectivity index (χ4n) is 2.16. The monoisotopic (exact) mass is 294 g/mol. The number of unbranched alkanes of at least 4 members (excludes halogenated alkanes) is 1. The Morgan fingerprint density at radius 2 is 2.10 bits per heavy atom. The van der Waals surface area contributed by atoms with Gasteiger partial charge in [0.2, 0.25) is 5.82 Å². The van der Waals surface area contributed by atoms with Crippen LogP contribution in [-0.2, 0) is 0 Å². The molecule has 0 fully saturated rings. The van der Waals surface area contributed by atoms with Crippen LogP contribution < -0.4 is 10.2 Å². The second kappa shape index (κ2) is 8.44. The van der Waals surface area contributed by atoms with Gasteiger partial charge in [0.05, 0.1) is 4.92 Å². The highest BCUT2D eigenvalue weighted by Gasteiger charge is 2.24. The van der Waals surface area contributed by atoms with Gasteiger partial charge >= 0.3 is 5.69 Å². The Kier molecular flexibility index (Phi) is 6.91. The molecule has 1 atom stereocenters. The standard InChI is InChI=1S/C15H26N4O2/c1-5-8-11-18(12(4)6-2)15-13(19(20)21)9-10-14(17-15)16-7-3/h9-10,12H,5-8,11H2,1-4H3,(H,16,17). The number of aromatic nitrogens is 1. The number of hydrogen-bond acceptors (Lipinski definition) is 5. The summed E-state index contributed by atoms with van der Waals surface area (Å²) in [6.45, 7) is 9.79. The molecule has 0 amide bonds. The summed E-state index contributed by atoms with van der Waals surface area (Å²) in [4.78, 5) is 17.5. The van der Waals surface area contributed by atoms with Gasteiger partial charge in [-0.1, -0.05) is 20.3 Å². The van der Waals surface area contributed by atoms with Crippen LogP contribution in [0.3, 0.4) is 0 Å². The minimum atomic E-state index is -0.348. The van der Waals surface area contributed by atoms with Gasteiger partial charge in [-0.05, 0) is 32.8 Å². The first-order chi connectivity index (χ1) is 10.0. The summed E-state index contributed by atoms with van der Waals surface area (Å²) < 4.78 is 0. The first-order valence-electron chi connectivity index (χ1n) is 7.71. The fourth-order valence-corrected chi connectivity index (χ4v) is 2.16. The molecule has 0 saturated heterocycles. The van der Waals surface area contributed by atoms with Gasteiger partial charge in [0.25, 0.3) is 0 Å². The predicted molar refractivity (Wildman–Crippen MR) is 87.1 cm³/mol. The summed E-state index contributed by atoms with van der Waals surface area (Å²) in [6.07, 6.45) is 2.97. The first-order valence-corrected chi connectivity index (χ1v) is 7.71. The molecule has 0 aliphatic rings. The van der Waals surface area contributed by atoms with Crippen LogP contribution in [0.1, 0.15) is 47.0 Å². The Morgan fingerprint density at radius 1 is 1.38 bits per heavy atom. The summed E-state index contributed by atoms with van der Waals surface area (Å²) in [7, 11) is 0. The van der Waals surface area contributed by atoms with E-state index < -0.39 is 0 Å². The average Bonchev–Trinajstić information content (AvgIpc) is 2.47. The molecule has 0 spiro atoms. The Labute approximate surface area is 126 Å². The van der Waals surface area contributed by atoms with Gasteiger partial charge in [-0.2, -0.15) is 0 Å². The molecule has 1 rings (SSSR count). The van der Waals surface area contributed by atoms with E-state index in [1.54, 1.807) is 12.1 Å². The Morgan fingerprint density at radius 3 is 2.62 bits per heavy atom. The predicted octanol–water partition coefficient (Wildman–Crippen LogP) is 3.83. The molecule has 118 valence electrons. The normalized spacial score (nSPS) is 12.0. The van der Waals surface area contributed by atoms with E-state index in [0.29, 0.717) is 11.6 Å². The van der Waals surface area contributed by atoms with Crippen molar-refractivity contribution in [3.63, 3.8) is 0 Å². The molecule has 1 unspecified atom stereocenters. The van der Waals surface area contributed by atoms with Gasteiger partial charge in [-0.15, -0.1) is 0 Å². The van der Waals surface area contributed by atoms with Crippen LogP contribution in [0.5, 0.6) is 0 Å². The molecule has 0 aliphatic heterocycles. The molecule has 0 radical (unpaired) electrons. The second-order valence-electron chi connectivity index (χ2n) is 5.13. The van der Waals surface area contributed by atoms with E-state index >= 15 is 0 Å². The largest absolute Gasteiger partial charge is 0.370 e. The van der Waals surface area contributed by atoms with Crippen LogP contribution >= 0.6 is 0 Å². The number of hydrogen-bond donors (Lipinski definition) is 1.